The first-order chi connectivity index (χ1) is 6.15. The van der Waals surface area contributed by atoms with Gasteiger partial charge in [0, 0.05) is 0 Å². The summed E-state index contributed by atoms with van der Waals surface area (Å²) in [6, 6.07) is 4.96. The van der Waals surface area contributed by atoms with E-state index in [2.05, 4.69) is 0 Å². The number of benzene rings is 1. The van der Waals surface area contributed by atoms with Crippen LogP contribution in [0.3, 0.4) is 0 Å². The van der Waals surface area contributed by atoms with Crippen LogP contribution < -0.4 is 0 Å². The topological polar surface area (TPSA) is 37.3 Å². The molecule has 1 aromatic rings. The van der Waals surface area contributed by atoms with Crippen LogP contribution in [-0.2, 0) is 4.79 Å². The molecule has 1 unspecified atom stereocenters. The number of aliphatic carboxylic acids is 1. The molecule has 0 spiro atoms. The number of hydrogen-bond donors (Lipinski definition) is 1. The summed E-state index contributed by atoms with van der Waals surface area (Å²) in [4.78, 5) is 10.5. The summed E-state index contributed by atoms with van der Waals surface area (Å²) in [5, 5.41) is 8.56. The fourth-order valence-corrected chi connectivity index (χ4v) is 1.02. The van der Waals surface area contributed by atoms with Crippen molar-refractivity contribution in [3.63, 3.8) is 0 Å². The number of carboxylic acids is 1. The van der Waals surface area contributed by atoms with Gasteiger partial charge in [-0.1, -0.05) is 12.1 Å². The Labute approximate surface area is 73.8 Å². The van der Waals surface area contributed by atoms with Crippen molar-refractivity contribution in [3.05, 3.63) is 35.6 Å². The van der Waals surface area contributed by atoms with E-state index in [0.717, 1.165) is 6.07 Å². The summed E-state index contributed by atoms with van der Waals surface area (Å²) in [5.41, 5.74) is 0.148. The highest BCUT2D eigenvalue weighted by Gasteiger charge is 2.19. The van der Waals surface area contributed by atoms with Gasteiger partial charge in [-0.15, -0.1) is 0 Å². The number of alkyl halides is 1. The Bertz CT molecular complexity index is 312. The Balaban J connectivity index is 2.98. The fraction of sp³-hybridized carbons (Fsp3) is 0.222. The monoisotopic (exact) mass is 186 g/mol. The lowest BCUT2D eigenvalue weighted by molar-refractivity contribution is -0.139. The van der Waals surface area contributed by atoms with E-state index in [-0.39, 0.29) is 5.56 Å². The zero-order valence-corrected chi connectivity index (χ0v) is 6.71. The zero-order valence-electron chi connectivity index (χ0n) is 6.71. The van der Waals surface area contributed by atoms with Crippen molar-refractivity contribution in [3.8, 4) is 0 Å². The molecule has 0 amide bonds. The molecule has 0 saturated carbocycles. The highest BCUT2D eigenvalue weighted by Crippen LogP contribution is 2.17. The van der Waals surface area contributed by atoms with Crippen LogP contribution in [0.4, 0.5) is 8.78 Å². The maximum atomic E-state index is 12.6. The van der Waals surface area contributed by atoms with Crippen LogP contribution in [0.25, 0.3) is 0 Å². The molecular formula is C9H8F2O2. The molecule has 0 saturated heterocycles. The highest BCUT2D eigenvalue weighted by molar-refractivity contribution is 5.76. The molecule has 70 valence electrons. The van der Waals surface area contributed by atoms with E-state index in [1.165, 1.54) is 18.2 Å². The summed E-state index contributed by atoms with van der Waals surface area (Å²) in [5.74, 6) is -3.11. The second-order valence-electron chi connectivity index (χ2n) is 2.60. The van der Waals surface area contributed by atoms with Gasteiger partial charge in [-0.3, -0.25) is 4.79 Å². The molecule has 0 heterocycles. The van der Waals surface area contributed by atoms with Crippen molar-refractivity contribution in [2.75, 3.05) is 6.67 Å². The van der Waals surface area contributed by atoms with Gasteiger partial charge in [0.05, 0.1) is 0 Å². The molecule has 1 aromatic carbocycles. The predicted octanol–water partition coefficient (Wildman–Crippen LogP) is 1.96. The average molecular weight is 186 g/mol. The lowest BCUT2D eigenvalue weighted by Gasteiger charge is -2.07. The van der Waals surface area contributed by atoms with Gasteiger partial charge in [0.25, 0.3) is 0 Å². The Morgan fingerprint density at radius 3 is 2.69 bits per heavy atom. The van der Waals surface area contributed by atoms with E-state index >= 15 is 0 Å². The number of halogens is 2. The molecular weight excluding hydrogens is 178 g/mol. The molecule has 0 fully saturated rings. The van der Waals surface area contributed by atoms with Crippen molar-refractivity contribution in [2.45, 2.75) is 5.92 Å². The molecule has 0 aromatic heterocycles. The first-order valence-corrected chi connectivity index (χ1v) is 3.69. The Kier molecular flexibility index (Phi) is 2.95. The molecule has 0 aliphatic carbocycles. The van der Waals surface area contributed by atoms with E-state index in [1.54, 1.807) is 0 Å². The third kappa shape index (κ3) is 2.24. The largest absolute Gasteiger partial charge is 0.481 e. The number of hydrogen-bond acceptors (Lipinski definition) is 1. The second-order valence-corrected chi connectivity index (χ2v) is 2.60. The molecule has 1 N–H and O–H groups in total. The third-order valence-electron chi connectivity index (χ3n) is 1.70. The molecule has 0 aliphatic rings. The van der Waals surface area contributed by atoms with Gasteiger partial charge in [-0.2, -0.15) is 0 Å². The van der Waals surface area contributed by atoms with E-state index < -0.39 is 24.4 Å². The quantitative estimate of drug-likeness (QED) is 0.783. The van der Waals surface area contributed by atoms with Crippen LogP contribution in [0.2, 0.25) is 0 Å². The second kappa shape index (κ2) is 3.98. The van der Waals surface area contributed by atoms with Gasteiger partial charge in [0.2, 0.25) is 0 Å². The molecule has 1 atom stereocenters. The maximum Gasteiger partial charge on any atom is 0.313 e. The molecule has 0 radical (unpaired) electrons. The highest BCUT2D eigenvalue weighted by atomic mass is 19.1. The van der Waals surface area contributed by atoms with Crippen LogP contribution in [0, 0.1) is 5.82 Å². The van der Waals surface area contributed by atoms with E-state index in [1.807, 2.05) is 0 Å². The first-order valence-electron chi connectivity index (χ1n) is 3.69. The van der Waals surface area contributed by atoms with Gasteiger partial charge in [-0.25, -0.2) is 8.78 Å². The third-order valence-corrected chi connectivity index (χ3v) is 1.70. The number of carboxylic acid groups (broad SMARTS) is 1. The Morgan fingerprint density at radius 2 is 2.23 bits per heavy atom. The van der Waals surface area contributed by atoms with Crippen molar-refractivity contribution < 1.29 is 18.7 Å². The van der Waals surface area contributed by atoms with Crippen LogP contribution in [0.15, 0.2) is 24.3 Å². The fourth-order valence-electron chi connectivity index (χ4n) is 1.02. The SMILES string of the molecule is O=C(O)C(CF)c1cccc(F)c1. The van der Waals surface area contributed by atoms with Gasteiger partial charge >= 0.3 is 5.97 Å². The summed E-state index contributed by atoms with van der Waals surface area (Å²) in [7, 11) is 0. The van der Waals surface area contributed by atoms with E-state index in [9.17, 15) is 13.6 Å². The van der Waals surface area contributed by atoms with Crippen LogP contribution >= 0.6 is 0 Å². The Morgan fingerprint density at radius 1 is 1.54 bits per heavy atom. The molecule has 2 nitrogen and oxygen atoms in total. The Hall–Kier alpha value is -1.45. The predicted molar refractivity (Wildman–Crippen MR) is 42.8 cm³/mol. The summed E-state index contributed by atoms with van der Waals surface area (Å²) >= 11 is 0. The van der Waals surface area contributed by atoms with Crippen LogP contribution in [0.5, 0.6) is 0 Å². The van der Waals surface area contributed by atoms with Gasteiger partial charge in [-0.05, 0) is 17.7 Å². The minimum Gasteiger partial charge on any atom is -0.481 e. The average Bonchev–Trinajstić information content (AvgIpc) is 2.04. The number of rotatable bonds is 3. The van der Waals surface area contributed by atoms with Crippen molar-refractivity contribution in [1.29, 1.82) is 0 Å². The number of carbonyl (C=O) groups is 1. The molecule has 4 heteroatoms. The maximum absolute atomic E-state index is 12.6. The van der Waals surface area contributed by atoms with Crippen molar-refractivity contribution in [1.82, 2.24) is 0 Å². The standard InChI is InChI=1S/C9H8F2O2/c10-5-8(9(12)13)6-2-1-3-7(11)4-6/h1-4,8H,5H2,(H,12,13). The molecule has 0 aliphatic heterocycles. The lowest BCUT2D eigenvalue weighted by Crippen LogP contribution is -2.13. The molecule has 0 bridgehead atoms. The van der Waals surface area contributed by atoms with Gasteiger partial charge < -0.3 is 5.11 Å². The summed E-state index contributed by atoms with van der Waals surface area (Å²) in [6.45, 7) is -1.03. The molecule has 1 rings (SSSR count). The van der Waals surface area contributed by atoms with Crippen LogP contribution in [0.1, 0.15) is 11.5 Å². The van der Waals surface area contributed by atoms with E-state index in [0.29, 0.717) is 0 Å². The smallest absolute Gasteiger partial charge is 0.313 e. The van der Waals surface area contributed by atoms with Crippen LogP contribution in [-0.4, -0.2) is 17.8 Å². The minimum atomic E-state index is -1.28. The zero-order chi connectivity index (χ0) is 9.84. The summed E-state index contributed by atoms with van der Waals surface area (Å²) in [6.07, 6.45) is 0. The lowest BCUT2D eigenvalue weighted by atomic mass is 10.0. The summed E-state index contributed by atoms with van der Waals surface area (Å²) < 4.78 is 24.8. The van der Waals surface area contributed by atoms with Crippen molar-refractivity contribution in [2.24, 2.45) is 0 Å². The normalized spacial score (nSPS) is 12.5. The van der Waals surface area contributed by atoms with Gasteiger partial charge in [0.1, 0.15) is 18.4 Å². The van der Waals surface area contributed by atoms with Gasteiger partial charge in [0.15, 0.2) is 0 Å². The van der Waals surface area contributed by atoms with E-state index in [4.69, 9.17) is 5.11 Å². The molecule has 13 heavy (non-hydrogen) atoms. The van der Waals surface area contributed by atoms with Crippen molar-refractivity contribution >= 4 is 5.97 Å². The minimum absolute atomic E-state index is 0.148. The first kappa shape index (κ1) is 9.64.